The first-order valence-corrected chi connectivity index (χ1v) is 6.43. The fraction of sp³-hybridized carbons (Fsp3) is 0.778. The normalized spacial score (nSPS) is 32.8. The van der Waals surface area contributed by atoms with Crippen molar-refractivity contribution in [2.75, 3.05) is 25.5 Å². The SMILES string of the molecule is CC1(CNC2C=CS(=O)(=O)C2)COC1. The fourth-order valence-electron chi connectivity index (χ4n) is 1.63. The number of rotatable bonds is 3. The van der Waals surface area contributed by atoms with Gasteiger partial charge in [-0.1, -0.05) is 13.0 Å². The predicted molar refractivity (Wildman–Crippen MR) is 53.6 cm³/mol. The molecule has 4 nitrogen and oxygen atoms in total. The van der Waals surface area contributed by atoms with Gasteiger partial charge in [-0.25, -0.2) is 8.42 Å². The van der Waals surface area contributed by atoms with Crippen LogP contribution in [-0.4, -0.2) is 40.0 Å². The van der Waals surface area contributed by atoms with Crippen LogP contribution < -0.4 is 5.32 Å². The predicted octanol–water partition coefficient (Wildman–Crippen LogP) is -0.0768. The van der Waals surface area contributed by atoms with E-state index in [0.29, 0.717) is 0 Å². The van der Waals surface area contributed by atoms with Crippen molar-refractivity contribution >= 4 is 9.84 Å². The van der Waals surface area contributed by atoms with Crippen LogP contribution in [0.1, 0.15) is 6.92 Å². The molecule has 1 N–H and O–H groups in total. The molecule has 14 heavy (non-hydrogen) atoms. The molecule has 0 aromatic carbocycles. The van der Waals surface area contributed by atoms with Crippen LogP contribution in [0.4, 0.5) is 0 Å². The summed E-state index contributed by atoms with van der Waals surface area (Å²) in [6.07, 6.45) is 1.72. The Hall–Kier alpha value is -0.390. The van der Waals surface area contributed by atoms with Crippen molar-refractivity contribution in [1.82, 2.24) is 5.32 Å². The van der Waals surface area contributed by atoms with E-state index in [4.69, 9.17) is 4.74 Å². The van der Waals surface area contributed by atoms with Crippen LogP contribution in [-0.2, 0) is 14.6 Å². The number of nitrogens with one attached hydrogen (secondary N) is 1. The van der Waals surface area contributed by atoms with E-state index in [1.54, 1.807) is 6.08 Å². The maximum Gasteiger partial charge on any atom is 0.173 e. The number of ether oxygens (including phenoxy) is 1. The quantitative estimate of drug-likeness (QED) is 0.718. The molecule has 80 valence electrons. The molecule has 0 aromatic heterocycles. The maximum atomic E-state index is 11.1. The molecule has 1 saturated heterocycles. The molecule has 0 spiro atoms. The first-order valence-electron chi connectivity index (χ1n) is 4.71. The average Bonchev–Trinajstić information content (AvgIpc) is 2.39. The first-order chi connectivity index (χ1) is 6.49. The van der Waals surface area contributed by atoms with Gasteiger partial charge in [0.2, 0.25) is 0 Å². The molecule has 0 saturated carbocycles. The second-order valence-electron chi connectivity index (χ2n) is 4.45. The smallest absolute Gasteiger partial charge is 0.173 e. The minimum Gasteiger partial charge on any atom is -0.380 e. The van der Waals surface area contributed by atoms with Gasteiger partial charge >= 0.3 is 0 Å². The van der Waals surface area contributed by atoms with Gasteiger partial charge in [-0.15, -0.1) is 0 Å². The Labute approximate surface area is 84.2 Å². The van der Waals surface area contributed by atoms with Gasteiger partial charge in [0.05, 0.1) is 19.0 Å². The summed E-state index contributed by atoms with van der Waals surface area (Å²) >= 11 is 0. The van der Waals surface area contributed by atoms with Crippen molar-refractivity contribution in [3.63, 3.8) is 0 Å². The topological polar surface area (TPSA) is 55.4 Å². The molecule has 0 aromatic rings. The molecule has 5 heteroatoms. The number of hydrogen-bond donors (Lipinski definition) is 1. The van der Waals surface area contributed by atoms with Crippen molar-refractivity contribution in [2.45, 2.75) is 13.0 Å². The molecular weight excluding hydrogens is 202 g/mol. The van der Waals surface area contributed by atoms with Crippen LogP contribution in [0.3, 0.4) is 0 Å². The molecule has 0 bridgehead atoms. The molecule has 0 radical (unpaired) electrons. The summed E-state index contributed by atoms with van der Waals surface area (Å²) in [7, 11) is -2.93. The zero-order valence-electron chi connectivity index (χ0n) is 8.19. The monoisotopic (exact) mass is 217 g/mol. The van der Waals surface area contributed by atoms with Crippen molar-refractivity contribution in [1.29, 1.82) is 0 Å². The second-order valence-corrected chi connectivity index (χ2v) is 6.38. The number of sulfone groups is 1. The van der Waals surface area contributed by atoms with E-state index < -0.39 is 9.84 Å². The summed E-state index contributed by atoms with van der Waals surface area (Å²) in [5.41, 5.74) is 0.195. The summed E-state index contributed by atoms with van der Waals surface area (Å²) < 4.78 is 27.3. The molecule has 2 aliphatic rings. The lowest BCUT2D eigenvalue weighted by Gasteiger charge is -2.38. The van der Waals surface area contributed by atoms with E-state index >= 15 is 0 Å². The molecule has 2 rings (SSSR count). The molecule has 0 aliphatic carbocycles. The zero-order chi connectivity index (χ0) is 10.2. The lowest BCUT2D eigenvalue weighted by atomic mass is 9.88. The Bertz CT molecular complexity index is 343. The van der Waals surface area contributed by atoms with Crippen LogP contribution >= 0.6 is 0 Å². The highest BCUT2D eigenvalue weighted by Gasteiger charge is 2.34. The summed E-state index contributed by atoms with van der Waals surface area (Å²) in [4.78, 5) is 0. The Morgan fingerprint density at radius 3 is 2.71 bits per heavy atom. The first kappa shape index (κ1) is 10.1. The Morgan fingerprint density at radius 1 is 1.57 bits per heavy atom. The highest BCUT2D eigenvalue weighted by molar-refractivity contribution is 7.94. The van der Waals surface area contributed by atoms with Gasteiger partial charge in [0.15, 0.2) is 9.84 Å². The van der Waals surface area contributed by atoms with Crippen molar-refractivity contribution < 1.29 is 13.2 Å². The number of hydrogen-bond acceptors (Lipinski definition) is 4. The molecular formula is C9H15NO3S. The second kappa shape index (κ2) is 3.32. The Morgan fingerprint density at radius 2 is 2.29 bits per heavy atom. The van der Waals surface area contributed by atoms with Crippen LogP contribution in [0.15, 0.2) is 11.5 Å². The third-order valence-electron chi connectivity index (χ3n) is 2.62. The third kappa shape index (κ3) is 2.16. The van der Waals surface area contributed by atoms with E-state index in [-0.39, 0.29) is 17.2 Å². The molecule has 2 aliphatic heterocycles. The van der Waals surface area contributed by atoms with Gasteiger partial charge in [-0.05, 0) is 0 Å². The van der Waals surface area contributed by atoms with Crippen LogP contribution in [0, 0.1) is 5.41 Å². The highest BCUT2D eigenvalue weighted by atomic mass is 32.2. The lowest BCUT2D eigenvalue weighted by molar-refractivity contribution is -0.0993. The lowest BCUT2D eigenvalue weighted by Crippen LogP contribution is -2.49. The van der Waals surface area contributed by atoms with Gasteiger partial charge in [-0.2, -0.15) is 0 Å². The zero-order valence-corrected chi connectivity index (χ0v) is 9.01. The summed E-state index contributed by atoms with van der Waals surface area (Å²) in [5.74, 6) is 0.198. The maximum absolute atomic E-state index is 11.1. The molecule has 1 unspecified atom stereocenters. The largest absolute Gasteiger partial charge is 0.380 e. The molecule has 0 amide bonds. The fourth-order valence-corrected chi connectivity index (χ4v) is 2.90. The van der Waals surface area contributed by atoms with Crippen LogP contribution in [0.5, 0.6) is 0 Å². The van der Waals surface area contributed by atoms with Gasteiger partial charge < -0.3 is 10.1 Å². The Balaban J connectivity index is 1.80. The van der Waals surface area contributed by atoms with E-state index in [2.05, 4.69) is 12.2 Å². The summed E-state index contributed by atoms with van der Waals surface area (Å²) in [6, 6.07) is -0.0163. The van der Waals surface area contributed by atoms with Crippen molar-refractivity contribution in [2.24, 2.45) is 5.41 Å². The minimum absolute atomic E-state index is 0.0163. The van der Waals surface area contributed by atoms with Crippen molar-refractivity contribution in [3.05, 3.63) is 11.5 Å². The van der Waals surface area contributed by atoms with Gasteiger partial charge in [0.25, 0.3) is 0 Å². The van der Waals surface area contributed by atoms with E-state index in [1.165, 1.54) is 5.41 Å². The summed E-state index contributed by atoms with van der Waals surface area (Å²) in [6.45, 7) is 4.49. The summed E-state index contributed by atoms with van der Waals surface area (Å²) in [5, 5.41) is 4.53. The van der Waals surface area contributed by atoms with Crippen LogP contribution in [0.2, 0.25) is 0 Å². The van der Waals surface area contributed by atoms with Gasteiger partial charge in [0, 0.05) is 23.4 Å². The van der Waals surface area contributed by atoms with E-state index in [0.717, 1.165) is 19.8 Å². The van der Waals surface area contributed by atoms with E-state index in [9.17, 15) is 8.42 Å². The minimum atomic E-state index is -2.93. The average molecular weight is 217 g/mol. The van der Waals surface area contributed by atoms with Crippen molar-refractivity contribution in [3.8, 4) is 0 Å². The highest BCUT2D eigenvalue weighted by Crippen LogP contribution is 2.25. The van der Waals surface area contributed by atoms with Gasteiger partial charge in [0.1, 0.15) is 0 Å². The van der Waals surface area contributed by atoms with E-state index in [1.807, 2.05) is 0 Å². The standard InChI is InChI=1S/C9H15NO3S/c1-9(6-13-7-9)5-10-8-2-3-14(11,12)4-8/h2-3,8,10H,4-7H2,1H3. The molecule has 1 atom stereocenters. The molecule has 2 heterocycles. The van der Waals surface area contributed by atoms with Crippen LogP contribution in [0.25, 0.3) is 0 Å². The Kier molecular flexibility index (Phi) is 2.41. The molecule has 1 fully saturated rings. The van der Waals surface area contributed by atoms with Gasteiger partial charge in [-0.3, -0.25) is 0 Å². The third-order valence-corrected chi connectivity index (χ3v) is 4.02.